The summed E-state index contributed by atoms with van der Waals surface area (Å²) in [6.07, 6.45) is 1.33. The van der Waals surface area contributed by atoms with Crippen LogP contribution in [0.2, 0.25) is 5.02 Å². The van der Waals surface area contributed by atoms with Gasteiger partial charge in [-0.3, -0.25) is 14.5 Å². The number of hydrogen-bond acceptors (Lipinski definition) is 4. The second kappa shape index (κ2) is 10.7. The Balaban J connectivity index is 1.22. The first-order valence-electron chi connectivity index (χ1n) is 12.3. The van der Waals surface area contributed by atoms with Crippen molar-refractivity contribution in [3.63, 3.8) is 0 Å². The Kier molecular flexibility index (Phi) is 7.42. The molecule has 2 amide bonds. The van der Waals surface area contributed by atoms with Gasteiger partial charge in [0.05, 0.1) is 6.04 Å². The molecule has 1 fully saturated rings. The van der Waals surface area contributed by atoms with E-state index in [-0.39, 0.29) is 29.7 Å². The molecule has 3 aromatic rings. The van der Waals surface area contributed by atoms with Crippen LogP contribution in [-0.4, -0.2) is 65.3 Å². The number of nitrogens with zero attached hydrogens (tertiary/aromatic N) is 3. The number of hydrogen-bond donors (Lipinski definition) is 0. The molecular formula is C28H29ClFN3O2S. The third-order valence-electron chi connectivity index (χ3n) is 7.18. The highest BCUT2D eigenvalue weighted by molar-refractivity contribution is 7.10. The molecule has 1 aromatic heterocycles. The zero-order valence-electron chi connectivity index (χ0n) is 20.2. The molecule has 5 rings (SSSR count). The minimum atomic E-state index is -0.245. The van der Waals surface area contributed by atoms with Gasteiger partial charge in [0.15, 0.2) is 0 Å². The number of halogens is 2. The van der Waals surface area contributed by atoms with Gasteiger partial charge >= 0.3 is 0 Å². The van der Waals surface area contributed by atoms with Crippen molar-refractivity contribution in [1.82, 2.24) is 14.7 Å². The van der Waals surface area contributed by atoms with Crippen molar-refractivity contribution in [1.29, 1.82) is 0 Å². The van der Waals surface area contributed by atoms with Gasteiger partial charge in [0.2, 0.25) is 5.91 Å². The van der Waals surface area contributed by atoms with Crippen LogP contribution in [0.25, 0.3) is 0 Å². The van der Waals surface area contributed by atoms with E-state index < -0.39 is 0 Å². The molecule has 0 N–H and O–H groups in total. The van der Waals surface area contributed by atoms with E-state index >= 15 is 0 Å². The zero-order valence-corrected chi connectivity index (χ0v) is 21.8. The van der Waals surface area contributed by atoms with Crippen LogP contribution in [0.15, 0.2) is 60.0 Å². The normalized spacial score (nSPS) is 20.3. The second-order valence-electron chi connectivity index (χ2n) is 9.49. The van der Waals surface area contributed by atoms with Crippen molar-refractivity contribution in [2.24, 2.45) is 0 Å². The molecular weight excluding hydrogens is 497 g/mol. The van der Waals surface area contributed by atoms with Crippen molar-refractivity contribution in [2.45, 2.75) is 31.8 Å². The predicted octanol–water partition coefficient (Wildman–Crippen LogP) is 5.25. The van der Waals surface area contributed by atoms with Crippen LogP contribution in [-0.2, 0) is 11.2 Å². The van der Waals surface area contributed by atoms with Crippen LogP contribution in [0, 0.1) is 5.82 Å². The van der Waals surface area contributed by atoms with E-state index in [1.807, 2.05) is 22.8 Å². The molecule has 1 saturated heterocycles. The lowest BCUT2D eigenvalue weighted by Gasteiger charge is -2.41. The van der Waals surface area contributed by atoms with E-state index in [2.05, 4.69) is 16.3 Å². The van der Waals surface area contributed by atoms with Crippen molar-refractivity contribution in [3.8, 4) is 0 Å². The summed E-state index contributed by atoms with van der Waals surface area (Å²) in [4.78, 5) is 33.5. The third-order valence-corrected chi connectivity index (χ3v) is 8.42. The molecule has 0 aliphatic carbocycles. The van der Waals surface area contributed by atoms with E-state index in [0.29, 0.717) is 43.2 Å². The first-order chi connectivity index (χ1) is 17.4. The summed E-state index contributed by atoms with van der Waals surface area (Å²) in [7, 11) is 0. The molecule has 0 spiro atoms. The highest BCUT2D eigenvalue weighted by Gasteiger charge is 2.33. The smallest absolute Gasteiger partial charge is 0.254 e. The average Bonchev–Trinajstić information content (AvgIpc) is 3.36. The first kappa shape index (κ1) is 24.9. The fraction of sp³-hybridized carbons (Fsp3) is 0.357. The molecule has 0 saturated carbocycles. The van der Waals surface area contributed by atoms with Gasteiger partial charge in [0.25, 0.3) is 5.91 Å². The average molecular weight is 526 g/mol. The van der Waals surface area contributed by atoms with Crippen LogP contribution in [0.4, 0.5) is 4.39 Å². The van der Waals surface area contributed by atoms with E-state index in [1.165, 1.54) is 16.5 Å². The van der Waals surface area contributed by atoms with Crippen molar-refractivity contribution < 1.29 is 14.0 Å². The Hall–Kier alpha value is -2.74. The molecule has 188 valence electrons. The van der Waals surface area contributed by atoms with Gasteiger partial charge in [-0.15, -0.1) is 11.3 Å². The SMILES string of the molecule is C[C@@H]1CN(C(=O)CCN2CCc3sccc3[C@H]2c2cccc(F)c2)CCN1C(=O)c1ccc(Cl)cc1. The number of amides is 2. The van der Waals surface area contributed by atoms with Crippen molar-refractivity contribution in [2.75, 3.05) is 32.7 Å². The zero-order chi connectivity index (χ0) is 25.2. The Morgan fingerprint density at radius 1 is 1.08 bits per heavy atom. The number of carbonyl (C=O) groups excluding carboxylic acids is 2. The quantitative estimate of drug-likeness (QED) is 0.457. The van der Waals surface area contributed by atoms with E-state index in [1.54, 1.807) is 47.7 Å². The summed E-state index contributed by atoms with van der Waals surface area (Å²) in [6, 6.07) is 15.7. The van der Waals surface area contributed by atoms with Crippen LogP contribution >= 0.6 is 22.9 Å². The summed E-state index contributed by atoms with van der Waals surface area (Å²) in [6.45, 7) is 4.96. The molecule has 36 heavy (non-hydrogen) atoms. The highest BCUT2D eigenvalue weighted by atomic mass is 35.5. The lowest BCUT2D eigenvalue weighted by Crippen LogP contribution is -2.55. The van der Waals surface area contributed by atoms with Crippen LogP contribution in [0.5, 0.6) is 0 Å². The minimum Gasteiger partial charge on any atom is -0.339 e. The Bertz CT molecular complexity index is 1250. The van der Waals surface area contributed by atoms with Gasteiger partial charge in [-0.1, -0.05) is 23.7 Å². The van der Waals surface area contributed by atoms with Crippen LogP contribution < -0.4 is 0 Å². The van der Waals surface area contributed by atoms with Gasteiger partial charge < -0.3 is 9.80 Å². The Morgan fingerprint density at radius 2 is 1.89 bits per heavy atom. The number of fused-ring (bicyclic) bond motifs is 1. The molecule has 2 aromatic carbocycles. The van der Waals surface area contributed by atoms with E-state index in [9.17, 15) is 14.0 Å². The monoisotopic (exact) mass is 525 g/mol. The molecule has 0 radical (unpaired) electrons. The molecule has 2 aliphatic heterocycles. The number of thiophene rings is 1. The first-order valence-corrected chi connectivity index (χ1v) is 13.6. The summed E-state index contributed by atoms with van der Waals surface area (Å²) in [5.74, 6) is -0.190. The summed E-state index contributed by atoms with van der Waals surface area (Å²) < 4.78 is 14.0. The fourth-order valence-electron chi connectivity index (χ4n) is 5.32. The largest absolute Gasteiger partial charge is 0.339 e. The number of carbonyl (C=O) groups is 2. The van der Waals surface area contributed by atoms with Gasteiger partial charge in [0.1, 0.15) is 5.82 Å². The maximum Gasteiger partial charge on any atom is 0.254 e. The summed E-state index contributed by atoms with van der Waals surface area (Å²) >= 11 is 7.70. The second-order valence-corrected chi connectivity index (χ2v) is 10.9. The molecule has 3 heterocycles. The molecule has 5 nitrogen and oxygen atoms in total. The van der Waals surface area contributed by atoms with Crippen molar-refractivity contribution in [3.05, 3.63) is 92.4 Å². The predicted molar refractivity (Wildman–Crippen MR) is 141 cm³/mol. The topological polar surface area (TPSA) is 43.9 Å². The lowest BCUT2D eigenvalue weighted by atomic mass is 9.93. The molecule has 2 atom stereocenters. The standard InChI is InChI=1S/C28H29ClFN3O2S/c1-19-18-32(14-15-33(19)28(35)20-5-7-22(29)8-6-20)26(34)10-13-31-12-9-25-24(11-16-36-25)27(31)21-3-2-4-23(30)17-21/h2-8,11,16-17,19,27H,9-10,12-15,18H2,1H3/t19-,27-/m1/s1. The number of rotatable bonds is 5. The molecule has 8 heteroatoms. The van der Waals surface area contributed by atoms with E-state index in [4.69, 9.17) is 11.6 Å². The summed E-state index contributed by atoms with van der Waals surface area (Å²) in [5.41, 5.74) is 2.74. The third kappa shape index (κ3) is 5.19. The van der Waals surface area contributed by atoms with Gasteiger partial charge in [-0.05, 0) is 72.3 Å². The molecule has 0 unspecified atom stereocenters. The van der Waals surface area contributed by atoms with Gasteiger partial charge in [0, 0.05) is 60.6 Å². The minimum absolute atomic E-state index is 0.0379. The van der Waals surface area contributed by atoms with Gasteiger partial charge in [-0.2, -0.15) is 0 Å². The molecule has 2 aliphatic rings. The Labute approximate surface area is 220 Å². The van der Waals surface area contributed by atoms with E-state index in [0.717, 1.165) is 18.5 Å². The lowest BCUT2D eigenvalue weighted by molar-refractivity contribution is -0.134. The fourth-order valence-corrected chi connectivity index (χ4v) is 6.35. The highest BCUT2D eigenvalue weighted by Crippen LogP contribution is 2.38. The van der Waals surface area contributed by atoms with Gasteiger partial charge in [-0.25, -0.2) is 4.39 Å². The van der Waals surface area contributed by atoms with Crippen LogP contribution in [0.1, 0.15) is 45.7 Å². The maximum atomic E-state index is 14.0. The molecule has 0 bridgehead atoms. The number of benzene rings is 2. The summed E-state index contributed by atoms with van der Waals surface area (Å²) in [5, 5.41) is 2.69. The van der Waals surface area contributed by atoms with Crippen LogP contribution in [0.3, 0.4) is 0 Å². The number of piperazine rings is 1. The Morgan fingerprint density at radius 3 is 2.64 bits per heavy atom. The maximum absolute atomic E-state index is 14.0. The van der Waals surface area contributed by atoms with Crippen molar-refractivity contribution >= 4 is 34.8 Å².